The molecule has 2 rings (SSSR count). The number of nitrogen functional groups attached to an aromatic ring is 1. The molecule has 0 saturated heterocycles. The summed E-state index contributed by atoms with van der Waals surface area (Å²) in [5, 5.41) is 9.77. The minimum Gasteiger partial charge on any atom is -0.384 e. The standard InChI is InChI=1S/C11H12ClN5O/c1-5-10(6(2)17-16-5)15-11(18)7-3-9(13)14-4-8(7)12/h3-4H,1-2H3,(H2,13,14)(H,15,18)(H,16,17). The minimum absolute atomic E-state index is 0.241. The fourth-order valence-electron chi connectivity index (χ4n) is 1.54. The van der Waals surface area contributed by atoms with Crippen LogP contribution in [0.5, 0.6) is 0 Å². The number of aromatic nitrogens is 3. The molecule has 18 heavy (non-hydrogen) atoms. The van der Waals surface area contributed by atoms with Gasteiger partial charge in [0.15, 0.2) is 0 Å². The molecule has 0 aliphatic heterocycles. The fraction of sp³-hybridized carbons (Fsp3) is 0.182. The van der Waals surface area contributed by atoms with Crippen molar-refractivity contribution in [2.45, 2.75) is 13.8 Å². The number of aryl methyl sites for hydroxylation is 2. The highest BCUT2D eigenvalue weighted by Crippen LogP contribution is 2.21. The van der Waals surface area contributed by atoms with E-state index in [-0.39, 0.29) is 22.3 Å². The minimum atomic E-state index is -0.346. The number of nitrogens with one attached hydrogen (secondary N) is 2. The van der Waals surface area contributed by atoms with Crippen LogP contribution in [-0.4, -0.2) is 21.1 Å². The van der Waals surface area contributed by atoms with E-state index in [0.29, 0.717) is 11.4 Å². The number of aromatic amines is 1. The third kappa shape index (κ3) is 2.28. The Morgan fingerprint density at radius 3 is 2.83 bits per heavy atom. The zero-order chi connectivity index (χ0) is 13.3. The Morgan fingerprint density at radius 2 is 2.22 bits per heavy atom. The summed E-state index contributed by atoms with van der Waals surface area (Å²) in [6.07, 6.45) is 1.35. The molecule has 0 atom stereocenters. The Hall–Kier alpha value is -2.08. The summed E-state index contributed by atoms with van der Waals surface area (Å²) in [5.74, 6) is -0.105. The number of nitrogens with two attached hydrogens (primary N) is 1. The van der Waals surface area contributed by atoms with Crippen molar-refractivity contribution in [1.29, 1.82) is 0 Å². The van der Waals surface area contributed by atoms with Crippen molar-refractivity contribution in [3.8, 4) is 0 Å². The molecule has 0 radical (unpaired) electrons. The number of amides is 1. The Kier molecular flexibility index (Phi) is 3.20. The molecule has 0 spiro atoms. The predicted molar refractivity (Wildman–Crippen MR) is 69.7 cm³/mol. The van der Waals surface area contributed by atoms with Gasteiger partial charge >= 0.3 is 0 Å². The Labute approximate surface area is 109 Å². The number of rotatable bonds is 2. The van der Waals surface area contributed by atoms with Gasteiger partial charge in [0.05, 0.1) is 27.7 Å². The first-order valence-electron chi connectivity index (χ1n) is 5.23. The first-order valence-corrected chi connectivity index (χ1v) is 5.60. The monoisotopic (exact) mass is 265 g/mol. The van der Waals surface area contributed by atoms with Crippen LogP contribution in [-0.2, 0) is 0 Å². The number of nitrogens with zero attached hydrogens (tertiary/aromatic N) is 2. The predicted octanol–water partition coefficient (Wildman–Crippen LogP) is 1.91. The molecule has 0 saturated carbocycles. The summed E-state index contributed by atoms with van der Waals surface area (Å²) in [6.45, 7) is 3.61. The molecule has 2 aromatic rings. The number of halogens is 1. The lowest BCUT2D eigenvalue weighted by molar-refractivity contribution is 0.102. The number of pyridine rings is 1. The molecule has 94 valence electrons. The largest absolute Gasteiger partial charge is 0.384 e. The van der Waals surface area contributed by atoms with Gasteiger partial charge in [-0.15, -0.1) is 0 Å². The second-order valence-electron chi connectivity index (χ2n) is 3.85. The molecule has 0 aromatic carbocycles. The first kappa shape index (κ1) is 12.4. The zero-order valence-electron chi connectivity index (χ0n) is 9.91. The van der Waals surface area contributed by atoms with Crippen LogP contribution in [0, 0.1) is 13.8 Å². The number of carbonyl (C=O) groups excluding carboxylic acids is 1. The Bertz CT molecular complexity index is 588. The molecule has 0 bridgehead atoms. The van der Waals surface area contributed by atoms with E-state index in [9.17, 15) is 4.79 Å². The summed E-state index contributed by atoms with van der Waals surface area (Å²) >= 11 is 5.91. The molecule has 2 heterocycles. The van der Waals surface area contributed by atoms with Crippen LogP contribution in [0.15, 0.2) is 12.3 Å². The van der Waals surface area contributed by atoms with Crippen molar-refractivity contribution < 1.29 is 4.79 Å². The molecular weight excluding hydrogens is 254 g/mol. The van der Waals surface area contributed by atoms with Crippen LogP contribution < -0.4 is 11.1 Å². The lowest BCUT2D eigenvalue weighted by atomic mass is 10.2. The fourth-order valence-corrected chi connectivity index (χ4v) is 1.73. The number of carbonyl (C=O) groups is 1. The quantitative estimate of drug-likeness (QED) is 0.773. The van der Waals surface area contributed by atoms with E-state index in [1.807, 2.05) is 6.92 Å². The van der Waals surface area contributed by atoms with Crippen LogP contribution in [0.4, 0.5) is 11.5 Å². The van der Waals surface area contributed by atoms with Crippen molar-refractivity contribution >= 4 is 29.0 Å². The van der Waals surface area contributed by atoms with E-state index in [4.69, 9.17) is 17.3 Å². The lowest BCUT2D eigenvalue weighted by Crippen LogP contribution is -2.14. The number of H-pyrrole nitrogens is 1. The zero-order valence-corrected chi connectivity index (χ0v) is 10.7. The van der Waals surface area contributed by atoms with Gasteiger partial charge in [-0.2, -0.15) is 5.10 Å². The number of anilines is 2. The van der Waals surface area contributed by atoms with Gasteiger partial charge in [0, 0.05) is 6.20 Å². The highest BCUT2D eigenvalue weighted by atomic mass is 35.5. The molecule has 0 unspecified atom stereocenters. The third-order valence-corrected chi connectivity index (χ3v) is 2.79. The van der Waals surface area contributed by atoms with Crippen molar-refractivity contribution in [3.05, 3.63) is 34.2 Å². The van der Waals surface area contributed by atoms with E-state index in [2.05, 4.69) is 20.5 Å². The number of hydrogen-bond donors (Lipinski definition) is 3. The maximum Gasteiger partial charge on any atom is 0.257 e. The molecule has 6 nitrogen and oxygen atoms in total. The van der Waals surface area contributed by atoms with Crippen molar-refractivity contribution in [2.75, 3.05) is 11.1 Å². The normalized spacial score (nSPS) is 10.4. The van der Waals surface area contributed by atoms with Gasteiger partial charge in [0.25, 0.3) is 5.91 Å². The van der Waals surface area contributed by atoms with Crippen LogP contribution in [0.1, 0.15) is 21.7 Å². The highest BCUT2D eigenvalue weighted by molar-refractivity contribution is 6.34. The maximum absolute atomic E-state index is 12.1. The van der Waals surface area contributed by atoms with Gasteiger partial charge in [-0.3, -0.25) is 9.89 Å². The van der Waals surface area contributed by atoms with Crippen LogP contribution in [0.3, 0.4) is 0 Å². The average molecular weight is 266 g/mol. The topological polar surface area (TPSA) is 96.7 Å². The van der Waals surface area contributed by atoms with Crippen LogP contribution >= 0.6 is 11.6 Å². The second kappa shape index (κ2) is 4.66. The van der Waals surface area contributed by atoms with Crippen molar-refractivity contribution in [1.82, 2.24) is 15.2 Å². The van der Waals surface area contributed by atoms with E-state index in [1.54, 1.807) is 6.92 Å². The number of hydrogen-bond acceptors (Lipinski definition) is 4. The SMILES string of the molecule is Cc1n[nH]c(C)c1NC(=O)c1cc(N)ncc1Cl. The smallest absolute Gasteiger partial charge is 0.257 e. The van der Waals surface area contributed by atoms with E-state index < -0.39 is 0 Å². The van der Waals surface area contributed by atoms with Gasteiger partial charge in [-0.05, 0) is 19.9 Å². The van der Waals surface area contributed by atoms with E-state index >= 15 is 0 Å². The van der Waals surface area contributed by atoms with Crippen molar-refractivity contribution in [3.63, 3.8) is 0 Å². The summed E-state index contributed by atoms with van der Waals surface area (Å²) in [6, 6.07) is 1.43. The summed E-state index contributed by atoms with van der Waals surface area (Å²) < 4.78 is 0. The molecule has 0 fully saturated rings. The van der Waals surface area contributed by atoms with Crippen molar-refractivity contribution in [2.24, 2.45) is 0 Å². The summed E-state index contributed by atoms with van der Waals surface area (Å²) in [5.41, 5.74) is 7.94. The molecule has 0 aliphatic rings. The highest BCUT2D eigenvalue weighted by Gasteiger charge is 2.15. The second-order valence-corrected chi connectivity index (χ2v) is 4.26. The van der Waals surface area contributed by atoms with Gasteiger partial charge < -0.3 is 11.1 Å². The molecule has 1 amide bonds. The third-order valence-electron chi connectivity index (χ3n) is 2.49. The molecule has 4 N–H and O–H groups in total. The van der Waals surface area contributed by atoms with Crippen LogP contribution in [0.2, 0.25) is 5.02 Å². The van der Waals surface area contributed by atoms with Gasteiger partial charge in [-0.25, -0.2) is 4.98 Å². The van der Waals surface area contributed by atoms with Crippen LogP contribution in [0.25, 0.3) is 0 Å². The van der Waals surface area contributed by atoms with E-state index in [1.165, 1.54) is 12.3 Å². The molecule has 0 aliphatic carbocycles. The maximum atomic E-state index is 12.1. The van der Waals surface area contributed by atoms with Gasteiger partial charge in [0.2, 0.25) is 0 Å². The molecule has 7 heteroatoms. The summed E-state index contributed by atoms with van der Waals surface area (Å²) in [7, 11) is 0. The summed E-state index contributed by atoms with van der Waals surface area (Å²) in [4.78, 5) is 15.9. The Balaban J connectivity index is 2.30. The molecular formula is C11H12ClN5O. The van der Waals surface area contributed by atoms with E-state index in [0.717, 1.165) is 5.69 Å². The average Bonchev–Trinajstić information content (AvgIpc) is 2.64. The van der Waals surface area contributed by atoms with Gasteiger partial charge in [-0.1, -0.05) is 11.6 Å². The first-order chi connectivity index (χ1) is 8.49. The lowest BCUT2D eigenvalue weighted by Gasteiger charge is -2.07. The van der Waals surface area contributed by atoms with Gasteiger partial charge in [0.1, 0.15) is 5.82 Å². The molecule has 2 aromatic heterocycles. The Morgan fingerprint density at radius 1 is 1.50 bits per heavy atom.